The topological polar surface area (TPSA) is 59.2 Å². The standard InChI is InChI=1S/C24H20ClN3O2S/c25-19-8-5-17(6-9-19)24-27-26-22(30-24)14-28(20-10-11-20)23(29)15-31-21-12-7-16-3-1-2-4-18(16)13-21/h1-9,12-13,20H,10-11,14-15H2. The van der Waals surface area contributed by atoms with Crippen molar-refractivity contribution in [3.05, 3.63) is 77.6 Å². The molecule has 0 spiro atoms. The summed E-state index contributed by atoms with van der Waals surface area (Å²) >= 11 is 7.50. The second-order valence-corrected chi connectivity index (χ2v) is 9.04. The molecule has 0 bridgehead atoms. The van der Waals surface area contributed by atoms with Crippen LogP contribution in [-0.4, -0.2) is 32.8 Å². The summed E-state index contributed by atoms with van der Waals surface area (Å²) < 4.78 is 5.81. The van der Waals surface area contributed by atoms with Gasteiger partial charge in [0.2, 0.25) is 17.7 Å². The van der Waals surface area contributed by atoms with E-state index in [1.165, 1.54) is 10.8 Å². The van der Waals surface area contributed by atoms with Crippen molar-refractivity contribution < 1.29 is 9.21 Å². The Balaban J connectivity index is 1.25. The number of carbonyl (C=O) groups is 1. The van der Waals surface area contributed by atoms with E-state index in [1.54, 1.807) is 23.9 Å². The SMILES string of the molecule is O=C(CSc1ccc2ccccc2c1)N(Cc1nnc(-c2ccc(Cl)cc2)o1)C1CC1. The zero-order chi connectivity index (χ0) is 21.2. The molecule has 0 N–H and O–H groups in total. The summed E-state index contributed by atoms with van der Waals surface area (Å²) in [6, 6.07) is 22.0. The van der Waals surface area contributed by atoms with Gasteiger partial charge in [0.15, 0.2) is 0 Å². The normalized spacial score (nSPS) is 13.5. The first-order valence-corrected chi connectivity index (χ1v) is 11.5. The van der Waals surface area contributed by atoms with Gasteiger partial charge < -0.3 is 9.32 Å². The number of benzene rings is 3. The van der Waals surface area contributed by atoms with E-state index in [1.807, 2.05) is 29.2 Å². The number of fused-ring (bicyclic) bond motifs is 1. The summed E-state index contributed by atoms with van der Waals surface area (Å²) in [5.74, 6) is 1.35. The van der Waals surface area contributed by atoms with Crippen LogP contribution in [0.2, 0.25) is 5.02 Å². The minimum Gasteiger partial charge on any atom is -0.419 e. The van der Waals surface area contributed by atoms with Crippen molar-refractivity contribution in [2.75, 3.05) is 5.75 Å². The van der Waals surface area contributed by atoms with Crippen LogP contribution >= 0.6 is 23.4 Å². The fourth-order valence-corrected chi connectivity index (χ4v) is 4.42. The molecule has 0 unspecified atom stereocenters. The number of halogens is 1. The van der Waals surface area contributed by atoms with Crippen molar-refractivity contribution in [1.82, 2.24) is 15.1 Å². The molecule has 3 aromatic carbocycles. The van der Waals surface area contributed by atoms with Crippen LogP contribution in [0, 0.1) is 0 Å². The van der Waals surface area contributed by atoms with Crippen LogP contribution in [-0.2, 0) is 11.3 Å². The lowest BCUT2D eigenvalue weighted by Gasteiger charge is -2.20. The van der Waals surface area contributed by atoms with Gasteiger partial charge in [-0.2, -0.15) is 0 Å². The van der Waals surface area contributed by atoms with Crippen molar-refractivity contribution in [2.45, 2.75) is 30.3 Å². The molecular formula is C24H20ClN3O2S. The third-order valence-corrected chi connectivity index (χ3v) is 6.49. The summed E-state index contributed by atoms with van der Waals surface area (Å²) in [5, 5.41) is 11.3. The Morgan fingerprint density at radius 3 is 2.58 bits per heavy atom. The van der Waals surface area contributed by atoms with Crippen molar-refractivity contribution in [2.24, 2.45) is 0 Å². The monoisotopic (exact) mass is 449 g/mol. The number of hydrogen-bond acceptors (Lipinski definition) is 5. The maximum atomic E-state index is 13.0. The number of carbonyl (C=O) groups excluding carboxylic acids is 1. The molecule has 1 aliphatic rings. The summed E-state index contributed by atoms with van der Waals surface area (Å²) in [7, 11) is 0. The Kier molecular flexibility index (Phi) is 5.66. The van der Waals surface area contributed by atoms with Crippen LogP contribution < -0.4 is 0 Å². The van der Waals surface area contributed by atoms with Gasteiger partial charge in [-0.25, -0.2) is 0 Å². The second kappa shape index (κ2) is 8.73. The molecule has 0 aliphatic heterocycles. The molecule has 1 saturated carbocycles. The van der Waals surface area contributed by atoms with Crippen molar-refractivity contribution in [3.8, 4) is 11.5 Å². The first-order valence-electron chi connectivity index (χ1n) is 10.1. The molecule has 7 heteroatoms. The fourth-order valence-electron chi connectivity index (χ4n) is 3.46. The second-order valence-electron chi connectivity index (χ2n) is 7.56. The van der Waals surface area contributed by atoms with Gasteiger partial charge in [-0.3, -0.25) is 4.79 Å². The van der Waals surface area contributed by atoms with Crippen molar-refractivity contribution >= 4 is 40.0 Å². The smallest absolute Gasteiger partial charge is 0.247 e. The minimum absolute atomic E-state index is 0.0897. The molecule has 1 aliphatic carbocycles. The van der Waals surface area contributed by atoms with Gasteiger partial charge in [-0.1, -0.05) is 41.9 Å². The number of nitrogens with zero attached hydrogens (tertiary/aromatic N) is 3. The Labute approximate surface area is 189 Å². The summed E-state index contributed by atoms with van der Waals surface area (Å²) in [5.41, 5.74) is 0.805. The van der Waals surface area contributed by atoms with E-state index < -0.39 is 0 Å². The zero-order valence-electron chi connectivity index (χ0n) is 16.7. The Morgan fingerprint density at radius 2 is 1.81 bits per heavy atom. The molecule has 5 rings (SSSR count). The van der Waals surface area contributed by atoms with E-state index in [9.17, 15) is 4.79 Å². The van der Waals surface area contributed by atoms with E-state index >= 15 is 0 Å². The summed E-state index contributed by atoms with van der Waals surface area (Å²) in [4.78, 5) is 15.9. The molecule has 1 fully saturated rings. The largest absolute Gasteiger partial charge is 0.419 e. The van der Waals surface area contributed by atoms with Crippen LogP contribution in [0.15, 0.2) is 76.0 Å². The number of hydrogen-bond donors (Lipinski definition) is 0. The predicted octanol–water partition coefficient (Wildman–Crippen LogP) is 5.83. The van der Waals surface area contributed by atoms with Crippen LogP contribution in [0.5, 0.6) is 0 Å². The highest BCUT2D eigenvalue weighted by Gasteiger charge is 2.33. The number of amides is 1. The highest BCUT2D eigenvalue weighted by Crippen LogP contribution is 2.31. The van der Waals surface area contributed by atoms with Gasteiger partial charge in [0.05, 0.1) is 12.3 Å². The van der Waals surface area contributed by atoms with Crippen LogP contribution in [0.25, 0.3) is 22.2 Å². The predicted molar refractivity (Wildman–Crippen MR) is 123 cm³/mol. The average Bonchev–Trinajstić information content (AvgIpc) is 3.53. The summed E-state index contributed by atoms with van der Waals surface area (Å²) in [6.45, 7) is 0.336. The highest BCUT2D eigenvalue weighted by molar-refractivity contribution is 8.00. The van der Waals surface area contributed by atoms with Gasteiger partial charge in [0.1, 0.15) is 0 Å². The van der Waals surface area contributed by atoms with Crippen LogP contribution in [0.1, 0.15) is 18.7 Å². The maximum absolute atomic E-state index is 13.0. The minimum atomic E-state index is 0.0897. The fraction of sp³-hybridized carbons (Fsp3) is 0.208. The average molecular weight is 450 g/mol. The molecule has 0 radical (unpaired) electrons. The molecule has 0 saturated heterocycles. The van der Waals surface area contributed by atoms with Crippen molar-refractivity contribution in [1.29, 1.82) is 0 Å². The molecule has 1 aromatic heterocycles. The molecule has 4 aromatic rings. The lowest BCUT2D eigenvalue weighted by molar-refractivity contribution is -0.129. The maximum Gasteiger partial charge on any atom is 0.247 e. The van der Waals surface area contributed by atoms with E-state index in [4.69, 9.17) is 16.0 Å². The molecule has 156 valence electrons. The van der Waals surface area contributed by atoms with Gasteiger partial charge in [-0.15, -0.1) is 22.0 Å². The lowest BCUT2D eigenvalue weighted by Crippen LogP contribution is -2.34. The number of aromatic nitrogens is 2. The van der Waals surface area contributed by atoms with Gasteiger partial charge >= 0.3 is 0 Å². The molecule has 5 nitrogen and oxygen atoms in total. The van der Waals surface area contributed by atoms with Gasteiger partial charge in [0, 0.05) is 21.5 Å². The quantitative estimate of drug-likeness (QED) is 0.332. The zero-order valence-corrected chi connectivity index (χ0v) is 18.3. The first kappa shape index (κ1) is 20.1. The van der Waals surface area contributed by atoms with E-state index in [0.717, 1.165) is 23.3 Å². The number of rotatable bonds is 7. The van der Waals surface area contributed by atoms with Gasteiger partial charge in [-0.05, 0) is 60.0 Å². The van der Waals surface area contributed by atoms with Crippen LogP contribution in [0.3, 0.4) is 0 Å². The van der Waals surface area contributed by atoms with Crippen molar-refractivity contribution in [3.63, 3.8) is 0 Å². The highest BCUT2D eigenvalue weighted by atomic mass is 35.5. The molecule has 0 atom stereocenters. The molecular weight excluding hydrogens is 430 g/mol. The van der Waals surface area contributed by atoms with Crippen LogP contribution in [0.4, 0.5) is 0 Å². The Hall–Kier alpha value is -2.83. The molecule has 1 amide bonds. The van der Waals surface area contributed by atoms with E-state index in [-0.39, 0.29) is 11.9 Å². The molecule has 1 heterocycles. The first-order chi connectivity index (χ1) is 15.2. The van der Waals surface area contributed by atoms with E-state index in [0.29, 0.717) is 29.1 Å². The van der Waals surface area contributed by atoms with Gasteiger partial charge in [0.25, 0.3) is 0 Å². The third kappa shape index (κ3) is 4.75. The van der Waals surface area contributed by atoms with E-state index in [2.05, 4.69) is 40.5 Å². The Bertz CT molecular complexity index is 1220. The Morgan fingerprint density at radius 1 is 1.03 bits per heavy atom. The number of thioether (sulfide) groups is 1. The molecule has 31 heavy (non-hydrogen) atoms. The lowest BCUT2D eigenvalue weighted by atomic mass is 10.1. The third-order valence-electron chi connectivity index (χ3n) is 5.25. The summed E-state index contributed by atoms with van der Waals surface area (Å²) in [6.07, 6.45) is 2.04.